The van der Waals surface area contributed by atoms with Crippen LogP contribution in [-0.2, 0) is 33.3 Å². The standard InChI is InChI=1S/C23H41NO13/c1-33-15(28)8-6-4-2-3-5-7-9-34-22-16(24-12-27)21(18(30)14(11-26)35-22)37-23-20(32)19(31)17(29)13(10-25)36-23/h12-14,16-23,25-26,29-32H,2-11H2,1H3,(H,24,27)/t13?,14?,16?,17-,18+,19?,20?,21?,22-,23?/m1/s1. The van der Waals surface area contributed by atoms with Crippen molar-refractivity contribution < 1.29 is 63.9 Å². The molecule has 14 nitrogen and oxygen atoms in total. The van der Waals surface area contributed by atoms with Crippen molar-refractivity contribution in [3.05, 3.63) is 0 Å². The number of carbonyl (C=O) groups is 2. The zero-order valence-corrected chi connectivity index (χ0v) is 21.0. The molecule has 0 aromatic carbocycles. The molecule has 0 saturated carbocycles. The third kappa shape index (κ3) is 9.06. The van der Waals surface area contributed by atoms with Crippen LogP contribution in [0.1, 0.15) is 44.9 Å². The van der Waals surface area contributed by atoms with Crippen LogP contribution in [0.5, 0.6) is 0 Å². The lowest BCUT2D eigenvalue weighted by Gasteiger charge is -2.47. The first-order valence-electron chi connectivity index (χ1n) is 12.6. The maximum Gasteiger partial charge on any atom is 0.305 e. The summed E-state index contributed by atoms with van der Waals surface area (Å²) >= 11 is 0. The first kappa shape index (κ1) is 31.8. The van der Waals surface area contributed by atoms with E-state index in [4.69, 9.17) is 18.9 Å². The Hall–Kier alpha value is -1.46. The van der Waals surface area contributed by atoms with E-state index in [0.717, 1.165) is 32.1 Å². The number of esters is 1. The third-order valence-corrected chi connectivity index (χ3v) is 6.54. The van der Waals surface area contributed by atoms with E-state index in [1.165, 1.54) is 7.11 Å². The Balaban J connectivity index is 1.93. The summed E-state index contributed by atoms with van der Waals surface area (Å²) in [4.78, 5) is 22.4. The van der Waals surface area contributed by atoms with E-state index in [9.17, 15) is 40.2 Å². The Morgan fingerprint density at radius 1 is 0.838 bits per heavy atom. The molecule has 2 saturated heterocycles. The monoisotopic (exact) mass is 539 g/mol. The van der Waals surface area contributed by atoms with Crippen molar-refractivity contribution in [2.24, 2.45) is 0 Å². The molecule has 2 heterocycles. The summed E-state index contributed by atoms with van der Waals surface area (Å²) in [5, 5.41) is 62.6. The molecule has 10 atom stereocenters. The van der Waals surface area contributed by atoms with Gasteiger partial charge in [-0.05, 0) is 12.8 Å². The first-order valence-corrected chi connectivity index (χ1v) is 12.6. The van der Waals surface area contributed by atoms with Gasteiger partial charge in [-0.3, -0.25) is 9.59 Å². The summed E-state index contributed by atoms with van der Waals surface area (Å²) in [6.45, 7) is -1.03. The first-order chi connectivity index (χ1) is 17.8. The maximum absolute atomic E-state index is 11.3. The number of ether oxygens (including phenoxy) is 5. The second kappa shape index (κ2) is 16.5. The van der Waals surface area contributed by atoms with E-state index in [0.29, 0.717) is 19.3 Å². The van der Waals surface area contributed by atoms with Gasteiger partial charge in [-0.25, -0.2) is 0 Å². The summed E-state index contributed by atoms with van der Waals surface area (Å²) in [6, 6.07) is -1.08. The summed E-state index contributed by atoms with van der Waals surface area (Å²) in [7, 11) is 1.36. The highest BCUT2D eigenvalue weighted by atomic mass is 16.7. The maximum atomic E-state index is 11.3. The Morgan fingerprint density at radius 2 is 1.43 bits per heavy atom. The van der Waals surface area contributed by atoms with Crippen molar-refractivity contribution >= 4 is 12.4 Å². The van der Waals surface area contributed by atoms with Crippen molar-refractivity contribution in [3.63, 3.8) is 0 Å². The van der Waals surface area contributed by atoms with Gasteiger partial charge in [0.1, 0.15) is 48.8 Å². The number of rotatable bonds is 16. The fraction of sp³-hybridized carbons (Fsp3) is 0.913. The Morgan fingerprint density at radius 3 is 2.05 bits per heavy atom. The molecule has 37 heavy (non-hydrogen) atoms. The van der Waals surface area contributed by atoms with E-state index in [1.54, 1.807) is 0 Å². The molecule has 0 radical (unpaired) electrons. The molecule has 2 aliphatic heterocycles. The number of carbonyl (C=O) groups excluding carboxylic acids is 2. The minimum Gasteiger partial charge on any atom is -0.469 e. The molecule has 0 aromatic rings. The van der Waals surface area contributed by atoms with E-state index < -0.39 is 74.6 Å². The van der Waals surface area contributed by atoms with Crippen molar-refractivity contribution in [1.29, 1.82) is 0 Å². The van der Waals surface area contributed by atoms with Crippen LogP contribution >= 0.6 is 0 Å². The summed E-state index contributed by atoms with van der Waals surface area (Å²) in [5.41, 5.74) is 0. The van der Waals surface area contributed by atoms with Gasteiger partial charge in [0.25, 0.3) is 0 Å². The Labute approximate surface area is 215 Å². The molecule has 7 unspecified atom stereocenters. The highest BCUT2D eigenvalue weighted by molar-refractivity contribution is 5.68. The molecule has 1 amide bonds. The highest BCUT2D eigenvalue weighted by Crippen LogP contribution is 2.29. The van der Waals surface area contributed by atoms with Crippen LogP contribution in [0, 0.1) is 0 Å². The largest absolute Gasteiger partial charge is 0.469 e. The highest BCUT2D eigenvalue weighted by Gasteiger charge is 2.51. The van der Waals surface area contributed by atoms with Gasteiger partial charge in [0.2, 0.25) is 6.41 Å². The summed E-state index contributed by atoms with van der Waals surface area (Å²) < 4.78 is 27.1. The normalized spacial score (nSPS) is 36.2. The number of amides is 1. The fourth-order valence-electron chi connectivity index (χ4n) is 4.34. The zero-order valence-electron chi connectivity index (χ0n) is 21.0. The quantitative estimate of drug-likeness (QED) is 0.0604. The summed E-state index contributed by atoms with van der Waals surface area (Å²) in [5.74, 6) is -0.223. The number of nitrogens with one attached hydrogen (secondary N) is 1. The lowest BCUT2D eigenvalue weighted by molar-refractivity contribution is -0.344. The molecule has 2 fully saturated rings. The predicted molar refractivity (Wildman–Crippen MR) is 124 cm³/mol. The van der Waals surface area contributed by atoms with Crippen molar-refractivity contribution in [2.75, 3.05) is 26.9 Å². The van der Waals surface area contributed by atoms with E-state index in [1.807, 2.05) is 0 Å². The molecule has 2 rings (SSSR count). The van der Waals surface area contributed by atoms with Crippen LogP contribution < -0.4 is 5.32 Å². The average molecular weight is 540 g/mol. The molecule has 0 aliphatic carbocycles. The van der Waals surface area contributed by atoms with Gasteiger partial charge in [-0.1, -0.05) is 25.7 Å². The molecule has 0 aromatic heterocycles. The Bertz CT molecular complexity index is 669. The molecule has 7 N–H and O–H groups in total. The molecule has 0 spiro atoms. The lowest BCUT2D eigenvalue weighted by Crippen LogP contribution is -2.67. The lowest BCUT2D eigenvalue weighted by atomic mass is 9.95. The van der Waals surface area contributed by atoms with Crippen LogP contribution in [0.4, 0.5) is 0 Å². The van der Waals surface area contributed by atoms with Gasteiger partial charge >= 0.3 is 5.97 Å². The van der Waals surface area contributed by atoms with E-state index in [-0.39, 0.29) is 12.6 Å². The molecule has 0 bridgehead atoms. The van der Waals surface area contributed by atoms with Gasteiger partial charge in [-0.15, -0.1) is 0 Å². The number of unbranched alkanes of at least 4 members (excludes halogenated alkanes) is 5. The van der Waals surface area contributed by atoms with Gasteiger partial charge in [0.15, 0.2) is 12.6 Å². The van der Waals surface area contributed by atoms with Gasteiger partial charge in [0, 0.05) is 13.0 Å². The number of hydrogen-bond donors (Lipinski definition) is 7. The Kier molecular flexibility index (Phi) is 14.2. The second-order valence-corrected chi connectivity index (χ2v) is 9.14. The van der Waals surface area contributed by atoms with Crippen LogP contribution in [-0.4, -0.2) is 131 Å². The van der Waals surface area contributed by atoms with Crippen molar-refractivity contribution in [1.82, 2.24) is 5.32 Å². The van der Waals surface area contributed by atoms with Crippen molar-refractivity contribution in [2.45, 2.75) is 106 Å². The molecule has 2 aliphatic rings. The molecular formula is C23H41NO13. The number of hydrogen-bond acceptors (Lipinski definition) is 13. The van der Waals surface area contributed by atoms with Crippen LogP contribution in [0.15, 0.2) is 0 Å². The van der Waals surface area contributed by atoms with Gasteiger partial charge < -0.3 is 59.6 Å². The van der Waals surface area contributed by atoms with Crippen LogP contribution in [0.2, 0.25) is 0 Å². The van der Waals surface area contributed by atoms with E-state index >= 15 is 0 Å². The fourth-order valence-corrected chi connectivity index (χ4v) is 4.34. The minimum atomic E-state index is -1.73. The zero-order chi connectivity index (χ0) is 27.4. The van der Waals surface area contributed by atoms with Crippen LogP contribution in [0.3, 0.4) is 0 Å². The second-order valence-electron chi connectivity index (χ2n) is 9.14. The average Bonchev–Trinajstić information content (AvgIpc) is 2.90. The topological polar surface area (TPSA) is 214 Å². The minimum absolute atomic E-state index is 0.223. The smallest absolute Gasteiger partial charge is 0.305 e. The third-order valence-electron chi connectivity index (χ3n) is 6.54. The van der Waals surface area contributed by atoms with Gasteiger partial charge in [-0.2, -0.15) is 0 Å². The molecular weight excluding hydrogens is 498 g/mol. The predicted octanol–water partition coefficient (Wildman–Crippen LogP) is -2.72. The number of aliphatic hydroxyl groups is 6. The SMILES string of the molecule is COC(=O)CCCCCCCCO[C@@H]1OC(CO)[C@H](O)C(OC2OC(CO)[C@@H](O)C(O)C2O)C1NC=O. The molecule has 14 heteroatoms. The number of methoxy groups -OCH3 is 1. The molecule has 216 valence electrons. The van der Waals surface area contributed by atoms with Crippen molar-refractivity contribution in [3.8, 4) is 0 Å². The van der Waals surface area contributed by atoms with E-state index in [2.05, 4.69) is 10.1 Å². The number of aliphatic hydroxyl groups excluding tert-OH is 6. The summed E-state index contributed by atoms with van der Waals surface area (Å²) in [6.07, 6.45) is -7.13. The van der Waals surface area contributed by atoms with Gasteiger partial charge in [0.05, 0.1) is 20.3 Å². The van der Waals surface area contributed by atoms with Crippen LogP contribution in [0.25, 0.3) is 0 Å².